The minimum absolute atomic E-state index is 0.0636. The number of tetrazole rings is 1. The molecule has 0 aliphatic heterocycles. The molecule has 246 valence electrons. The van der Waals surface area contributed by atoms with Gasteiger partial charge in [-0.3, -0.25) is 28.4 Å². The summed E-state index contributed by atoms with van der Waals surface area (Å²) in [6, 6.07) is 10.7. The third kappa shape index (κ3) is 5.60. The van der Waals surface area contributed by atoms with Crippen LogP contribution >= 0.6 is 0 Å². The van der Waals surface area contributed by atoms with Crippen molar-refractivity contribution in [3.63, 3.8) is 0 Å². The molecule has 0 unspecified atom stereocenters. The highest BCUT2D eigenvalue weighted by Crippen LogP contribution is 2.33. The maximum absolute atomic E-state index is 14.5. The van der Waals surface area contributed by atoms with Gasteiger partial charge in [-0.25, -0.2) is 14.4 Å². The molecule has 3 aromatic carbocycles. The molecule has 8 N–H and O–H groups in total. The lowest BCUT2D eigenvalue weighted by Gasteiger charge is -2.15. The van der Waals surface area contributed by atoms with E-state index in [1.807, 2.05) is 18.2 Å². The molecule has 3 aromatic heterocycles. The number of nitrogens with zero attached hydrogens (tertiary/aromatic N) is 6. The average Bonchev–Trinajstić information content (AvgIpc) is 3.88. The van der Waals surface area contributed by atoms with Gasteiger partial charge in [-0.05, 0) is 59.0 Å². The second-order valence-electron chi connectivity index (χ2n) is 11.3. The first-order valence-electron chi connectivity index (χ1n) is 14.8. The van der Waals surface area contributed by atoms with Crippen molar-refractivity contribution in [3.8, 4) is 11.4 Å². The third-order valence-electron chi connectivity index (χ3n) is 8.30. The number of H-pyrrole nitrogens is 1. The highest BCUT2D eigenvalue weighted by molar-refractivity contribution is 6.01. The molecule has 1 aliphatic carbocycles. The lowest BCUT2D eigenvalue weighted by molar-refractivity contribution is 0.0929. The van der Waals surface area contributed by atoms with Gasteiger partial charge in [0.25, 0.3) is 28.6 Å². The summed E-state index contributed by atoms with van der Waals surface area (Å²) in [7, 11) is 0. The fourth-order valence-corrected chi connectivity index (χ4v) is 5.77. The van der Waals surface area contributed by atoms with Crippen molar-refractivity contribution < 1.29 is 18.8 Å². The van der Waals surface area contributed by atoms with Crippen LogP contribution in [0.5, 0.6) is 0 Å². The molecular weight excluding hydrogens is 639 g/mol. The molecule has 6 aromatic rings. The molecule has 3 heterocycles. The van der Waals surface area contributed by atoms with Crippen LogP contribution in [0.15, 0.2) is 58.4 Å². The number of hydrogen-bond acceptors (Lipinski definition) is 12. The van der Waals surface area contributed by atoms with Gasteiger partial charge in [0.05, 0.1) is 6.04 Å². The zero-order chi connectivity index (χ0) is 34.4. The number of nitrogens with one attached hydrogen (secondary N) is 4. The molecule has 1 aliphatic rings. The van der Waals surface area contributed by atoms with Crippen LogP contribution in [0.25, 0.3) is 17.0 Å². The number of nitrogen functional groups attached to an aromatic ring is 1. The van der Waals surface area contributed by atoms with Crippen LogP contribution < -0.4 is 38.3 Å². The van der Waals surface area contributed by atoms with E-state index in [9.17, 15) is 28.4 Å². The van der Waals surface area contributed by atoms with Gasteiger partial charge in [-0.2, -0.15) is 5.21 Å². The Hall–Kier alpha value is -6.85. The maximum Gasteiger partial charge on any atom is 0.271 e. The van der Waals surface area contributed by atoms with Gasteiger partial charge < -0.3 is 27.4 Å². The van der Waals surface area contributed by atoms with Crippen molar-refractivity contribution in [3.05, 3.63) is 114 Å². The molecule has 0 saturated heterocycles. The number of aromatic nitrogens is 7. The van der Waals surface area contributed by atoms with E-state index in [-0.39, 0.29) is 58.8 Å². The Labute approximate surface area is 273 Å². The van der Waals surface area contributed by atoms with Crippen molar-refractivity contribution in [2.24, 2.45) is 5.73 Å². The van der Waals surface area contributed by atoms with Crippen LogP contribution in [0.2, 0.25) is 0 Å². The van der Waals surface area contributed by atoms with E-state index in [1.54, 1.807) is 0 Å². The summed E-state index contributed by atoms with van der Waals surface area (Å²) in [6.45, 7) is -0.204. The van der Waals surface area contributed by atoms with Crippen LogP contribution in [0.1, 0.15) is 66.2 Å². The number of amides is 3. The van der Waals surface area contributed by atoms with Gasteiger partial charge in [0.2, 0.25) is 5.82 Å². The Bertz CT molecular complexity index is 2380. The average molecular weight is 665 g/mol. The lowest BCUT2D eigenvalue weighted by atomic mass is 10.0. The Morgan fingerprint density at radius 3 is 2.63 bits per heavy atom. The van der Waals surface area contributed by atoms with E-state index in [2.05, 4.69) is 46.5 Å². The van der Waals surface area contributed by atoms with Gasteiger partial charge in [-0.15, -0.1) is 10.2 Å². The van der Waals surface area contributed by atoms with Crippen LogP contribution in [0.3, 0.4) is 0 Å². The number of rotatable bonds is 10. The zero-order valence-electron chi connectivity index (χ0n) is 25.3. The minimum atomic E-state index is -0.904. The van der Waals surface area contributed by atoms with E-state index >= 15 is 0 Å². The molecule has 1 atom stereocenters. The standard InChI is InChI=1S/C31H25FN12O5/c32-18-5-1-13(7-16(18)11-35-23-22(33)25(45)26(23)46)10-36-31(49)21-9-20(38-29-24(27(34)47)37-12-44(21)29)30(48)39-19-6-3-14-8-15(2-4-17(14)19)28-40-42-43-41-28/h1-2,4-5,7-9,12,19,35H,3,6,10-11,33H2,(H2,34,47)(H,36,49)(H,39,48)(H,40,41,42,43)/t19-/m0/s1. The molecule has 49 heavy (non-hydrogen) atoms. The maximum atomic E-state index is 14.5. The number of carbonyl (C=O) groups excluding carboxylic acids is 3. The first kappa shape index (κ1) is 30.8. The zero-order valence-corrected chi connectivity index (χ0v) is 25.3. The number of aryl methyl sites for hydroxylation is 1. The van der Waals surface area contributed by atoms with Crippen LogP contribution in [0, 0.1) is 5.82 Å². The van der Waals surface area contributed by atoms with Crippen molar-refractivity contribution in [2.45, 2.75) is 32.0 Å². The predicted octanol–water partition coefficient (Wildman–Crippen LogP) is 0.285. The minimum Gasteiger partial charge on any atom is -0.394 e. The van der Waals surface area contributed by atoms with Gasteiger partial charge in [0, 0.05) is 24.2 Å². The van der Waals surface area contributed by atoms with E-state index in [4.69, 9.17) is 11.5 Å². The highest BCUT2D eigenvalue weighted by Gasteiger charge is 2.27. The second kappa shape index (κ2) is 12.1. The van der Waals surface area contributed by atoms with E-state index in [1.165, 1.54) is 35.0 Å². The largest absolute Gasteiger partial charge is 0.394 e. The Kier molecular flexibility index (Phi) is 7.58. The fourth-order valence-electron chi connectivity index (χ4n) is 5.77. The Balaban J connectivity index is 1.10. The first-order chi connectivity index (χ1) is 23.6. The molecule has 18 heteroatoms. The molecule has 0 bridgehead atoms. The lowest BCUT2D eigenvalue weighted by Crippen LogP contribution is -2.37. The molecule has 17 nitrogen and oxygen atoms in total. The van der Waals surface area contributed by atoms with Gasteiger partial charge >= 0.3 is 0 Å². The number of carbonyl (C=O) groups is 3. The number of fused-ring (bicyclic) bond motifs is 2. The number of anilines is 2. The number of aromatic amines is 1. The summed E-state index contributed by atoms with van der Waals surface area (Å²) in [5.74, 6) is -2.28. The number of benzene rings is 2. The summed E-state index contributed by atoms with van der Waals surface area (Å²) in [6.07, 6.45) is 2.49. The van der Waals surface area contributed by atoms with E-state index in [0.29, 0.717) is 24.2 Å². The SMILES string of the molecule is NC(=O)c1ncn2c(C(=O)NCc3ccc(F)c(CNc4c(N)c(=O)c4=O)c3)cc(C(=O)N[C@H]3CCc4cc(-c5nn[nH]n5)ccc43)nc12. The molecule has 3 amide bonds. The fraction of sp³-hybridized carbons (Fsp3) is 0.161. The molecule has 0 radical (unpaired) electrons. The van der Waals surface area contributed by atoms with Crippen molar-refractivity contribution in [1.29, 1.82) is 0 Å². The number of imidazole rings is 1. The number of hydrogen-bond donors (Lipinski definition) is 6. The van der Waals surface area contributed by atoms with Crippen molar-refractivity contribution >= 4 is 34.7 Å². The van der Waals surface area contributed by atoms with Gasteiger partial charge in [-0.1, -0.05) is 18.2 Å². The van der Waals surface area contributed by atoms with Crippen LogP contribution in [0.4, 0.5) is 15.8 Å². The molecule has 0 spiro atoms. The summed E-state index contributed by atoms with van der Waals surface area (Å²) >= 11 is 0. The smallest absolute Gasteiger partial charge is 0.271 e. The van der Waals surface area contributed by atoms with Gasteiger partial charge in [0.15, 0.2) is 11.3 Å². The summed E-state index contributed by atoms with van der Waals surface area (Å²) in [4.78, 5) is 70.5. The van der Waals surface area contributed by atoms with E-state index in [0.717, 1.165) is 16.7 Å². The third-order valence-corrected chi connectivity index (χ3v) is 8.30. The molecule has 0 saturated carbocycles. The summed E-state index contributed by atoms with van der Waals surface area (Å²) in [5, 5.41) is 22.4. The second-order valence-corrected chi connectivity index (χ2v) is 11.3. The van der Waals surface area contributed by atoms with Crippen molar-refractivity contribution in [1.82, 2.24) is 45.6 Å². The monoisotopic (exact) mass is 664 g/mol. The number of halogens is 1. The van der Waals surface area contributed by atoms with Gasteiger partial charge in [0.1, 0.15) is 34.9 Å². The van der Waals surface area contributed by atoms with Crippen LogP contribution in [-0.2, 0) is 19.5 Å². The van der Waals surface area contributed by atoms with Crippen molar-refractivity contribution in [2.75, 3.05) is 11.1 Å². The quantitative estimate of drug-likeness (QED) is 0.108. The highest BCUT2D eigenvalue weighted by atomic mass is 19.1. The predicted molar refractivity (Wildman–Crippen MR) is 170 cm³/mol. The number of nitrogens with two attached hydrogens (primary N) is 2. The summed E-state index contributed by atoms with van der Waals surface area (Å²) < 4.78 is 15.8. The topological polar surface area (TPSA) is 258 Å². The molecule has 7 rings (SSSR count). The Morgan fingerprint density at radius 2 is 1.88 bits per heavy atom. The normalized spacial score (nSPS) is 13.8. The number of primary amides is 1. The van der Waals surface area contributed by atoms with E-state index < -0.39 is 34.4 Å². The molecular formula is C31H25FN12O5. The van der Waals surface area contributed by atoms with Crippen LogP contribution in [-0.4, -0.2) is 52.7 Å². The molecule has 0 fully saturated rings. The Morgan fingerprint density at radius 1 is 1.04 bits per heavy atom. The summed E-state index contributed by atoms with van der Waals surface area (Å²) in [5.41, 5.74) is 12.0. The first-order valence-corrected chi connectivity index (χ1v) is 14.8.